The zero-order valence-electron chi connectivity index (χ0n) is 15.5. The SMILES string of the molecule is C1CCC2=C(C1)CNc1c2c(C2CCC2)nn1CCCN1CCCC1. The third-order valence-electron chi connectivity index (χ3n) is 6.87. The lowest BCUT2D eigenvalue weighted by Crippen LogP contribution is -2.23. The van der Waals surface area contributed by atoms with E-state index in [-0.39, 0.29) is 0 Å². The van der Waals surface area contributed by atoms with Crippen molar-refractivity contribution in [2.24, 2.45) is 0 Å². The number of anilines is 1. The van der Waals surface area contributed by atoms with Crippen molar-refractivity contribution in [3.63, 3.8) is 0 Å². The number of fused-ring (bicyclic) bond motifs is 2. The fraction of sp³-hybridized carbons (Fsp3) is 0.762. The van der Waals surface area contributed by atoms with E-state index < -0.39 is 0 Å². The predicted molar refractivity (Wildman–Crippen MR) is 103 cm³/mol. The molecule has 1 saturated heterocycles. The molecule has 0 atom stereocenters. The van der Waals surface area contributed by atoms with Gasteiger partial charge in [0.05, 0.1) is 5.69 Å². The Morgan fingerprint density at radius 1 is 0.960 bits per heavy atom. The van der Waals surface area contributed by atoms with Crippen LogP contribution in [0.5, 0.6) is 0 Å². The van der Waals surface area contributed by atoms with Gasteiger partial charge in [0.25, 0.3) is 0 Å². The van der Waals surface area contributed by atoms with E-state index >= 15 is 0 Å². The van der Waals surface area contributed by atoms with Gasteiger partial charge in [-0.1, -0.05) is 6.42 Å². The molecule has 1 aromatic rings. The van der Waals surface area contributed by atoms with Gasteiger partial charge in [0, 0.05) is 24.6 Å². The van der Waals surface area contributed by atoms with E-state index in [1.165, 1.54) is 101 Å². The summed E-state index contributed by atoms with van der Waals surface area (Å²) in [4.78, 5) is 2.62. The first kappa shape index (κ1) is 15.9. The average Bonchev–Trinajstić information content (AvgIpc) is 3.22. The molecule has 0 unspecified atom stereocenters. The molecule has 3 heterocycles. The Labute approximate surface area is 151 Å². The molecule has 4 heteroatoms. The molecule has 4 nitrogen and oxygen atoms in total. The van der Waals surface area contributed by atoms with Crippen molar-refractivity contribution in [2.45, 2.75) is 76.7 Å². The average molecular weight is 341 g/mol. The smallest absolute Gasteiger partial charge is 0.132 e. The van der Waals surface area contributed by atoms with Crippen LogP contribution in [0.25, 0.3) is 5.57 Å². The van der Waals surface area contributed by atoms with Crippen molar-refractivity contribution < 1.29 is 0 Å². The first-order chi connectivity index (χ1) is 12.4. The molecule has 136 valence electrons. The van der Waals surface area contributed by atoms with Gasteiger partial charge in [-0.15, -0.1) is 0 Å². The number of aryl methyl sites for hydroxylation is 1. The number of aromatic nitrogens is 2. The molecule has 1 saturated carbocycles. The van der Waals surface area contributed by atoms with Gasteiger partial charge in [-0.2, -0.15) is 5.10 Å². The minimum Gasteiger partial charge on any atom is -0.366 e. The molecule has 5 rings (SSSR count). The third kappa shape index (κ3) is 2.92. The van der Waals surface area contributed by atoms with Crippen LogP contribution in [0.2, 0.25) is 0 Å². The van der Waals surface area contributed by atoms with E-state index in [2.05, 4.69) is 14.9 Å². The summed E-state index contributed by atoms with van der Waals surface area (Å²) < 4.78 is 2.33. The van der Waals surface area contributed by atoms with E-state index in [1.807, 2.05) is 0 Å². The van der Waals surface area contributed by atoms with E-state index in [0.717, 1.165) is 19.0 Å². The maximum Gasteiger partial charge on any atom is 0.132 e. The molecule has 0 aromatic carbocycles. The van der Waals surface area contributed by atoms with Crippen LogP contribution in [0.1, 0.15) is 81.4 Å². The zero-order valence-corrected chi connectivity index (χ0v) is 15.5. The van der Waals surface area contributed by atoms with Crippen molar-refractivity contribution in [3.05, 3.63) is 16.8 Å². The number of rotatable bonds is 5. The van der Waals surface area contributed by atoms with Crippen LogP contribution in [0, 0.1) is 0 Å². The Hall–Kier alpha value is -1.29. The molecular weight excluding hydrogens is 308 g/mol. The molecule has 4 aliphatic rings. The van der Waals surface area contributed by atoms with E-state index in [4.69, 9.17) is 5.10 Å². The van der Waals surface area contributed by atoms with Gasteiger partial charge in [-0.25, -0.2) is 4.68 Å². The van der Waals surface area contributed by atoms with Crippen molar-refractivity contribution in [3.8, 4) is 0 Å². The number of nitrogens with zero attached hydrogens (tertiary/aromatic N) is 3. The van der Waals surface area contributed by atoms with Gasteiger partial charge >= 0.3 is 0 Å². The van der Waals surface area contributed by atoms with Crippen LogP contribution in [-0.2, 0) is 6.54 Å². The second-order valence-corrected chi connectivity index (χ2v) is 8.50. The number of hydrogen-bond acceptors (Lipinski definition) is 3. The fourth-order valence-electron chi connectivity index (χ4n) is 5.19. The number of nitrogens with one attached hydrogen (secondary N) is 1. The molecule has 25 heavy (non-hydrogen) atoms. The minimum atomic E-state index is 0.726. The van der Waals surface area contributed by atoms with Crippen molar-refractivity contribution in [1.29, 1.82) is 0 Å². The van der Waals surface area contributed by atoms with Crippen LogP contribution in [0.4, 0.5) is 5.82 Å². The summed E-state index contributed by atoms with van der Waals surface area (Å²) in [6.45, 7) is 5.98. The highest BCUT2D eigenvalue weighted by molar-refractivity contribution is 5.82. The number of hydrogen-bond donors (Lipinski definition) is 1. The quantitative estimate of drug-likeness (QED) is 0.863. The summed E-state index contributed by atoms with van der Waals surface area (Å²) in [7, 11) is 0. The van der Waals surface area contributed by atoms with Crippen LogP contribution in [-0.4, -0.2) is 40.9 Å². The summed E-state index contributed by atoms with van der Waals surface area (Å²) in [6, 6.07) is 0. The normalized spacial score (nSPS) is 24.0. The zero-order chi connectivity index (χ0) is 16.6. The second kappa shape index (κ2) is 6.79. The second-order valence-electron chi connectivity index (χ2n) is 8.50. The van der Waals surface area contributed by atoms with Gasteiger partial charge < -0.3 is 10.2 Å². The molecule has 2 aliphatic carbocycles. The Balaban J connectivity index is 1.40. The van der Waals surface area contributed by atoms with Crippen LogP contribution < -0.4 is 5.32 Å². The topological polar surface area (TPSA) is 33.1 Å². The summed E-state index contributed by atoms with van der Waals surface area (Å²) in [5.41, 5.74) is 6.32. The van der Waals surface area contributed by atoms with E-state index in [0.29, 0.717) is 0 Å². The molecule has 0 spiro atoms. The number of likely N-dealkylation sites (tertiary alicyclic amines) is 1. The minimum absolute atomic E-state index is 0.726. The lowest BCUT2D eigenvalue weighted by Gasteiger charge is -2.30. The van der Waals surface area contributed by atoms with Crippen molar-refractivity contribution in [1.82, 2.24) is 14.7 Å². The highest BCUT2D eigenvalue weighted by Crippen LogP contribution is 2.46. The Morgan fingerprint density at radius 3 is 2.60 bits per heavy atom. The predicted octanol–water partition coefficient (Wildman–Crippen LogP) is 4.39. The van der Waals surface area contributed by atoms with Crippen LogP contribution in [0.15, 0.2) is 5.57 Å². The van der Waals surface area contributed by atoms with E-state index in [9.17, 15) is 0 Å². The third-order valence-corrected chi connectivity index (χ3v) is 6.87. The Kier molecular flexibility index (Phi) is 4.32. The molecule has 0 radical (unpaired) electrons. The van der Waals surface area contributed by atoms with Gasteiger partial charge in [0.1, 0.15) is 5.82 Å². The largest absolute Gasteiger partial charge is 0.366 e. The lowest BCUT2D eigenvalue weighted by molar-refractivity contribution is 0.321. The molecule has 2 aliphatic heterocycles. The fourth-order valence-corrected chi connectivity index (χ4v) is 5.19. The maximum absolute atomic E-state index is 5.17. The maximum atomic E-state index is 5.17. The lowest BCUT2D eigenvalue weighted by atomic mass is 9.77. The molecule has 0 bridgehead atoms. The summed E-state index contributed by atoms with van der Waals surface area (Å²) in [5.74, 6) is 2.08. The standard InChI is InChI=1S/C21H32N4/c1-2-10-18-17(7-1)15-22-21-19(18)20(16-8-5-9-16)23-25(21)14-6-13-24-11-3-4-12-24/h16,22H,1-15H2. The molecular formula is C21H32N4. The van der Waals surface area contributed by atoms with Gasteiger partial charge in [0.2, 0.25) is 0 Å². The monoisotopic (exact) mass is 340 g/mol. The first-order valence-electron chi connectivity index (χ1n) is 10.7. The summed E-state index contributed by atoms with van der Waals surface area (Å²) >= 11 is 0. The summed E-state index contributed by atoms with van der Waals surface area (Å²) in [5, 5.41) is 8.93. The molecule has 1 N–H and O–H groups in total. The van der Waals surface area contributed by atoms with Gasteiger partial charge in [0.15, 0.2) is 0 Å². The number of allylic oxidation sites excluding steroid dienone is 1. The van der Waals surface area contributed by atoms with Crippen LogP contribution in [0.3, 0.4) is 0 Å². The highest BCUT2D eigenvalue weighted by Gasteiger charge is 2.33. The van der Waals surface area contributed by atoms with Gasteiger partial charge in [-0.3, -0.25) is 0 Å². The Morgan fingerprint density at radius 2 is 1.80 bits per heavy atom. The van der Waals surface area contributed by atoms with Crippen molar-refractivity contribution >= 4 is 11.4 Å². The van der Waals surface area contributed by atoms with Crippen LogP contribution >= 0.6 is 0 Å². The summed E-state index contributed by atoms with van der Waals surface area (Å²) in [6.07, 6.45) is 13.4. The van der Waals surface area contributed by atoms with E-state index in [1.54, 1.807) is 11.1 Å². The Bertz CT molecular complexity index is 662. The first-order valence-corrected chi connectivity index (χ1v) is 10.7. The van der Waals surface area contributed by atoms with Crippen molar-refractivity contribution in [2.75, 3.05) is 31.5 Å². The molecule has 1 aromatic heterocycles. The van der Waals surface area contributed by atoms with Gasteiger partial charge in [-0.05, 0) is 88.6 Å². The molecule has 0 amide bonds. The molecule has 2 fully saturated rings. The highest BCUT2D eigenvalue weighted by atomic mass is 15.3.